The van der Waals surface area contributed by atoms with Crippen molar-refractivity contribution in [3.05, 3.63) is 0 Å². The van der Waals surface area contributed by atoms with Crippen LogP contribution in [0.1, 0.15) is 61.3 Å². The van der Waals surface area contributed by atoms with E-state index in [1.807, 2.05) is 0 Å². The second-order valence-electron chi connectivity index (χ2n) is 10.4. The molecular formula is C19H36N2. The summed E-state index contributed by atoms with van der Waals surface area (Å²) in [5, 5.41) is 0. The van der Waals surface area contributed by atoms with Gasteiger partial charge in [-0.15, -0.1) is 0 Å². The molecule has 4 atom stereocenters. The Hall–Kier alpha value is -0.0800. The summed E-state index contributed by atoms with van der Waals surface area (Å²) in [6.45, 7) is 21.8. The molecule has 0 aromatic heterocycles. The Morgan fingerprint density at radius 1 is 0.810 bits per heavy atom. The van der Waals surface area contributed by atoms with Gasteiger partial charge in [-0.1, -0.05) is 6.92 Å². The fraction of sp³-hybridized carbons (Fsp3) is 1.00. The Morgan fingerprint density at radius 3 is 1.62 bits per heavy atom. The fourth-order valence-electron chi connectivity index (χ4n) is 4.21. The number of nitrogens with zero attached hydrogens (tertiary/aromatic N) is 2. The summed E-state index contributed by atoms with van der Waals surface area (Å²) in [4.78, 5) is 5.24. The van der Waals surface area contributed by atoms with Crippen molar-refractivity contribution in [3.63, 3.8) is 0 Å². The van der Waals surface area contributed by atoms with Crippen LogP contribution in [0.5, 0.6) is 0 Å². The second kappa shape index (κ2) is 4.71. The molecule has 0 spiro atoms. The van der Waals surface area contributed by atoms with E-state index in [1.165, 1.54) is 39.0 Å². The highest BCUT2D eigenvalue weighted by atomic mass is 15.2. The van der Waals surface area contributed by atoms with Crippen LogP contribution in [-0.4, -0.2) is 47.1 Å². The molecule has 21 heavy (non-hydrogen) atoms. The predicted molar refractivity (Wildman–Crippen MR) is 90.5 cm³/mol. The van der Waals surface area contributed by atoms with Crippen molar-refractivity contribution in [3.8, 4) is 0 Å². The molecule has 0 bridgehead atoms. The Morgan fingerprint density at radius 2 is 1.33 bits per heavy atom. The average Bonchev–Trinajstić information content (AvgIpc) is 3.10. The monoisotopic (exact) mass is 292 g/mol. The maximum Gasteiger partial charge on any atom is 0.0125 e. The number of hydrogen-bond donors (Lipinski definition) is 0. The molecule has 2 heteroatoms. The minimum atomic E-state index is 0.399. The first-order chi connectivity index (χ1) is 9.49. The largest absolute Gasteiger partial charge is 0.298 e. The van der Waals surface area contributed by atoms with Crippen LogP contribution in [0.3, 0.4) is 0 Å². The van der Waals surface area contributed by atoms with Crippen LogP contribution in [0.2, 0.25) is 0 Å². The van der Waals surface area contributed by atoms with Gasteiger partial charge in [0.1, 0.15) is 0 Å². The van der Waals surface area contributed by atoms with E-state index >= 15 is 0 Å². The van der Waals surface area contributed by atoms with Crippen LogP contribution >= 0.6 is 0 Å². The lowest BCUT2D eigenvalue weighted by molar-refractivity contribution is 0.147. The third-order valence-electron chi connectivity index (χ3n) is 6.41. The predicted octanol–water partition coefficient (Wildman–Crippen LogP) is 3.86. The lowest BCUT2D eigenvalue weighted by Crippen LogP contribution is -2.41. The zero-order valence-corrected chi connectivity index (χ0v) is 15.4. The molecule has 4 rings (SSSR count). The average molecular weight is 293 g/mol. The van der Waals surface area contributed by atoms with Crippen molar-refractivity contribution in [1.29, 1.82) is 0 Å². The standard InChI is InChI=1S/C10H19N.C9H17N/c1-9(2,3)11-6-8-5-10(8,4)7-11;1-9(2,3)10-5-7-4-8(7)6-10/h8H,5-7H2,1-4H3;7-8H,4-6H2,1-3H3/t8-,10+;7-,8+/m1./s1. The summed E-state index contributed by atoms with van der Waals surface area (Å²) in [5.74, 6) is 3.19. The summed E-state index contributed by atoms with van der Waals surface area (Å²) < 4.78 is 0. The van der Waals surface area contributed by atoms with Gasteiger partial charge in [0.05, 0.1) is 0 Å². The molecule has 2 saturated carbocycles. The summed E-state index contributed by atoms with van der Waals surface area (Å²) >= 11 is 0. The van der Waals surface area contributed by atoms with Crippen molar-refractivity contribution in [2.45, 2.75) is 72.4 Å². The van der Waals surface area contributed by atoms with E-state index in [0.29, 0.717) is 16.5 Å². The van der Waals surface area contributed by atoms with Crippen LogP contribution in [0, 0.1) is 23.2 Å². The first kappa shape index (κ1) is 15.8. The molecule has 2 aliphatic heterocycles. The van der Waals surface area contributed by atoms with Crippen molar-refractivity contribution in [2.75, 3.05) is 26.2 Å². The number of piperidine rings is 2. The van der Waals surface area contributed by atoms with Crippen molar-refractivity contribution in [1.82, 2.24) is 9.80 Å². The Labute approximate surface area is 132 Å². The molecule has 4 fully saturated rings. The zero-order chi connectivity index (χ0) is 15.6. The zero-order valence-electron chi connectivity index (χ0n) is 15.4. The molecule has 122 valence electrons. The first-order valence-electron chi connectivity index (χ1n) is 8.99. The molecular weight excluding hydrogens is 256 g/mol. The first-order valence-corrected chi connectivity index (χ1v) is 8.99. The Bertz CT molecular complexity index is 393. The number of rotatable bonds is 0. The molecule has 2 nitrogen and oxygen atoms in total. The van der Waals surface area contributed by atoms with Crippen LogP contribution in [0.15, 0.2) is 0 Å². The Kier molecular flexibility index (Phi) is 3.54. The van der Waals surface area contributed by atoms with Gasteiger partial charge in [0, 0.05) is 37.3 Å². The second-order valence-corrected chi connectivity index (χ2v) is 10.4. The summed E-state index contributed by atoms with van der Waals surface area (Å²) in [6.07, 6.45) is 3.01. The summed E-state index contributed by atoms with van der Waals surface area (Å²) in [5.41, 5.74) is 1.54. The summed E-state index contributed by atoms with van der Waals surface area (Å²) in [7, 11) is 0. The topological polar surface area (TPSA) is 6.48 Å². The molecule has 2 heterocycles. The van der Waals surface area contributed by atoms with E-state index in [0.717, 1.165) is 17.8 Å². The molecule has 0 aromatic rings. The van der Waals surface area contributed by atoms with Gasteiger partial charge in [0.2, 0.25) is 0 Å². The third-order valence-corrected chi connectivity index (χ3v) is 6.41. The van der Waals surface area contributed by atoms with Gasteiger partial charge in [-0.25, -0.2) is 0 Å². The number of fused-ring (bicyclic) bond motifs is 2. The van der Waals surface area contributed by atoms with Gasteiger partial charge in [-0.05, 0) is 77.6 Å². The van der Waals surface area contributed by atoms with Gasteiger partial charge >= 0.3 is 0 Å². The van der Waals surface area contributed by atoms with Crippen molar-refractivity contribution >= 4 is 0 Å². The van der Waals surface area contributed by atoms with Crippen LogP contribution in [0.25, 0.3) is 0 Å². The molecule has 0 aromatic carbocycles. The number of hydrogen-bond acceptors (Lipinski definition) is 2. The van der Waals surface area contributed by atoms with E-state index in [4.69, 9.17) is 0 Å². The normalized spacial score (nSPS) is 42.1. The molecule has 2 saturated heterocycles. The van der Waals surface area contributed by atoms with Gasteiger partial charge in [0.25, 0.3) is 0 Å². The fourth-order valence-corrected chi connectivity index (χ4v) is 4.21. The lowest BCUT2D eigenvalue weighted by atomic mass is 10.1. The van der Waals surface area contributed by atoms with E-state index in [-0.39, 0.29) is 0 Å². The van der Waals surface area contributed by atoms with Gasteiger partial charge in [-0.2, -0.15) is 0 Å². The van der Waals surface area contributed by atoms with E-state index in [9.17, 15) is 0 Å². The van der Waals surface area contributed by atoms with Gasteiger partial charge in [0.15, 0.2) is 0 Å². The van der Waals surface area contributed by atoms with Crippen molar-refractivity contribution < 1.29 is 0 Å². The van der Waals surface area contributed by atoms with Crippen LogP contribution < -0.4 is 0 Å². The quantitative estimate of drug-likeness (QED) is 0.669. The highest BCUT2D eigenvalue weighted by Crippen LogP contribution is 2.58. The van der Waals surface area contributed by atoms with E-state index in [1.54, 1.807) is 0 Å². The highest BCUT2D eigenvalue weighted by Gasteiger charge is 2.57. The van der Waals surface area contributed by atoms with Crippen LogP contribution in [0.4, 0.5) is 0 Å². The molecule has 0 unspecified atom stereocenters. The minimum Gasteiger partial charge on any atom is -0.298 e. The smallest absolute Gasteiger partial charge is 0.0125 e. The van der Waals surface area contributed by atoms with Gasteiger partial charge < -0.3 is 0 Å². The molecule has 2 aliphatic carbocycles. The maximum absolute atomic E-state index is 2.63. The molecule has 0 amide bonds. The highest BCUT2D eigenvalue weighted by molar-refractivity contribution is 5.09. The molecule has 0 radical (unpaired) electrons. The Balaban J connectivity index is 0.000000126. The number of likely N-dealkylation sites (tertiary alicyclic amines) is 2. The lowest BCUT2D eigenvalue weighted by Gasteiger charge is -2.33. The minimum absolute atomic E-state index is 0.399. The molecule has 4 aliphatic rings. The SMILES string of the molecule is CC(C)(C)N1C[C@H]2C[C@@]2(C)C1.CC(C)(C)N1C[C@H]2C[C@H]2C1. The van der Waals surface area contributed by atoms with Gasteiger partial charge in [-0.3, -0.25) is 9.80 Å². The van der Waals surface area contributed by atoms with Crippen LogP contribution in [-0.2, 0) is 0 Å². The third kappa shape index (κ3) is 3.32. The van der Waals surface area contributed by atoms with E-state index in [2.05, 4.69) is 58.3 Å². The van der Waals surface area contributed by atoms with Crippen molar-refractivity contribution in [2.24, 2.45) is 23.2 Å². The molecule has 0 N–H and O–H groups in total. The summed E-state index contributed by atoms with van der Waals surface area (Å²) in [6, 6.07) is 0. The van der Waals surface area contributed by atoms with E-state index < -0.39 is 0 Å². The maximum atomic E-state index is 2.63.